The number of alkyl halides is 1. The second-order valence-corrected chi connectivity index (χ2v) is 5.67. The molecule has 2 heterocycles. The van der Waals surface area contributed by atoms with Gasteiger partial charge in [0.1, 0.15) is 0 Å². The minimum atomic E-state index is 0.789. The Balaban J connectivity index is 1.87. The monoisotopic (exact) mass is 302 g/mol. The Kier molecular flexibility index (Phi) is 4.62. The summed E-state index contributed by atoms with van der Waals surface area (Å²) in [6, 6.07) is 2.14. The molecule has 1 unspecified atom stereocenters. The zero-order chi connectivity index (χ0) is 11.4. The number of likely N-dealkylation sites (tertiary alicyclic amines) is 1. The second kappa shape index (κ2) is 5.99. The predicted molar refractivity (Wildman–Crippen MR) is 70.7 cm³/mol. The van der Waals surface area contributed by atoms with Crippen LogP contribution in [0.15, 0.2) is 22.9 Å². The highest BCUT2D eigenvalue weighted by Crippen LogP contribution is 2.22. The average molecular weight is 304 g/mol. The van der Waals surface area contributed by atoms with Crippen molar-refractivity contribution in [1.82, 2.24) is 9.88 Å². The van der Waals surface area contributed by atoms with E-state index in [1.54, 1.807) is 0 Å². The number of rotatable bonds is 4. The summed E-state index contributed by atoms with van der Waals surface area (Å²) in [5, 5.41) is 0. The molecule has 0 aliphatic carbocycles. The molecular formula is C12H16BrClN2. The zero-order valence-corrected chi connectivity index (χ0v) is 11.5. The third-order valence-corrected chi connectivity index (χ3v) is 3.71. The molecule has 0 amide bonds. The Labute approximate surface area is 110 Å². The number of pyridine rings is 1. The van der Waals surface area contributed by atoms with E-state index in [1.807, 2.05) is 12.4 Å². The molecule has 1 aromatic heterocycles. The first-order valence-corrected chi connectivity index (χ1v) is 6.98. The van der Waals surface area contributed by atoms with Gasteiger partial charge in [-0.15, -0.1) is 11.6 Å². The molecule has 16 heavy (non-hydrogen) atoms. The largest absolute Gasteiger partial charge is 0.299 e. The van der Waals surface area contributed by atoms with Crippen molar-refractivity contribution >= 4 is 27.5 Å². The summed E-state index contributed by atoms with van der Waals surface area (Å²) in [7, 11) is 0. The number of hydrogen-bond acceptors (Lipinski definition) is 2. The minimum Gasteiger partial charge on any atom is -0.299 e. The Morgan fingerprint density at radius 3 is 3.12 bits per heavy atom. The Morgan fingerprint density at radius 2 is 2.38 bits per heavy atom. The molecule has 1 aliphatic rings. The van der Waals surface area contributed by atoms with Crippen molar-refractivity contribution in [3.63, 3.8) is 0 Å². The normalized spacial score (nSPS) is 21.5. The maximum atomic E-state index is 5.78. The Bertz CT molecular complexity index is 346. The van der Waals surface area contributed by atoms with Gasteiger partial charge in [-0.3, -0.25) is 9.88 Å². The fourth-order valence-electron chi connectivity index (χ4n) is 2.25. The van der Waals surface area contributed by atoms with Crippen LogP contribution in [0.25, 0.3) is 0 Å². The highest BCUT2D eigenvalue weighted by molar-refractivity contribution is 9.10. The standard InChI is InChI=1S/C12H16BrClN2/c13-12-5-11(6-15-7-12)9-16-4-2-10(8-16)1-3-14/h5-7,10H,1-4,8-9H2. The highest BCUT2D eigenvalue weighted by Gasteiger charge is 2.21. The van der Waals surface area contributed by atoms with Gasteiger partial charge in [0.05, 0.1) is 0 Å². The molecule has 1 fully saturated rings. The summed E-state index contributed by atoms with van der Waals surface area (Å²) in [4.78, 5) is 6.67. The van der Waals surface area contributed by atoms with Crippen molar-refractivity contribution in [2.75, 3.05) is 19.0 Å². The van der Waals surface area contributed by atoms with Gasteiger partial charge in [0.15, 0.2) is 0 Å². The fraction of sp³-hybridized carbons (Fsp3) is 0.583. The molecule has 0 radical (unpaired) electrons. The Hall–Kier alpha value is -0.120. The third-order valence-electron chi connectivity index (χ3n) is 3.06. The molecule has 1 aliphatic heterocycles. The van der Waals surface area contributed by atoms with Crippen molar-refractivity contribution in [3.05, 3.63) is 28.5 Å². The van der Waals surface area contributed by atoms with Gasteiger partial charge < -0.3 is 0 Å². The lowest BCUT2D eigenvalue weighted by molar-refractivity contribution is 0.315. The van der Waals surface area contributed by atoms with Gasteiger partial charge in [-0.05, 0) is 52.9 Å². The third kappa shape index (κ3) is 3.44. The van der Waals surface area contributed by atoms with Gasteiger partial charge in [0, 0.05) is 35.8 Å². The topological polar surface area (TPSA) is 16.1 Å². The lowest BCUT2D eigenvalue weighted by Gasteiger charge is -2.15. The van der Waals surface area contributed by atoms with E-state index in [4.69, 9.17) is 11.6 Å². The van der Waals surface area contributed by atoms with Crippen molar-refractivity contribution in [2.24, 2.45) is 5.92 Å². The molecule has 2 nitrogen and oxygen atoms in total. The van der Waals surface area contributed by atoms with Crippen molar-refractivity contribution in [1.29, 1.82) is 0 Å². The van der Waals surface area contributed by atoms with Gasteiger partial charge >= 0.3 is 0 Å². The summed E-state index contributed by atoms with van der Waals surface area (Å²) in [6.45, 7) is 3.37. The van der Waals surface area contributed by atoms with Crippen LogP contribution in [-0.4, -0.2) is 28.9 Å². The number of aromatic nitrogens is 1. The summed E-state index contributed by atoms with van der Waals surface area (Å²) < 4.78 is 1.06. The Morgan fingerprint density at radius 1 is 1.50 bits per heavy atom. The lowest BCUT2D eigenvalue weighted by atomic mass is 10.1. The van der Waals surface area contributed by atoms with Gasteiger partial charge in [-0.25, -0.2) is 0 Å². The van der Waals surface area contributed by atoms with Crippen LogP contribution < -0.4 is 0 Å². The first kappa shape index (κ1) is 12.3. The van der Waals surface area contributed by atoms with Crippen LogP contribution in [0.2, 0.25) is 0 Å². The molecule has 4 heteroatoms. The molecule has 1 aromatic rings. The van der Waals surface area contributed by atoms with Crippen LogP contribution in [-0.2, 0) is 6.54 Å². The summed E-state index contributed by atoms with van der Waals surface area (Å²) >= 11 is 9.23. The molecule has 88 valence electrons. The van der Waals surface area contributed by atoms with E-state index >= 15 is 0 Å². The average Bonchev–Trinajstić information content (AvgIpc) is 2.66. The van der Waals surface area contributed by atoms with E-state index in [1.165, 1.54) is 25.1 Å². The van der Waals surface area contributed by atoms with Crippen LogP contribution >= 0.6 is 27.5 Å². The number of nitrogens with zero attached hydrogens (tertiary/aromatic N) is 2. The van der Waals surface area contributed by atoms with Crippen molar-refractivity contribution in [3.8, 4) is 0 Å². The molecule has 1 saturated heterocycles. The molecule has 0 aromatic carbocycles. The van der Waals surface area contributed by atoms with Gasteiger partial charge in [0.25, 0.3) is 0 Å². The van der Waals surface area contributed by atoms with Crippen LogP contribution in [0.1, 0.15) is 18.4 Å². The lowest BCUT2D eigenvalue weighted by Crippen LogP contribution is -2.20. The van der Waals surface area contributed by atoms with E-state index in [0.29, 0.717) is 0 Å². The van der Waals surface area contributed by atoms with E-state index < -0.39 is 0 Å². The molecule has 2 rings (SSSR count). The molecule has 0 spiro atoms. The first-order valence-electron chi connectivity index (χ1n) is 5.65. The minimum absolute atomic E-state index is 0.789. The summed E-state index contributed by atoms with van der Waals surface area (Å²) in [6.07, 6.45) is 6.20. The first-order chi connectivity index (χ1) is 7.78. The van der Waals surface area contributed by atoms with Crippen molar-refractivity contribution in [2.45, 2.75) is 19.4 Å². The van der Waals surface area contributed by atoms with Crippen molar-refractivity contribution < 1.29 is 0 Å². The number of halogens is 2. The molecule has 1 atom stereocenters. The zero-order valence-electron chi connectivity index (χ0n) is 9.20. The van der Waals surface area contributed by atoms with Gasteiger partial charge in [-0.1, -0.05) is 0 Å². The van der Waals surface area contributed by atoms with Gasteiger partial charge in [0.2, 0.25) is 0 Å². The molecular weight excluding hydrogens is 288 g/mol. The van der Waals surface area contributed by atoms with E-state index in [9.17, 15) is 0 Å². The summed E-state index contributed by atoms with van der Waals surface area (Å²) in [5.74, 6) is 1.58. The number of hydrogen-bond donors (Lipinski definition) is 0. The maximum absolute atomic E-state index is 5.78. The predicted octanol–water partition coefficient (Wildman–Crippen LogP) is 3.29. The fourth-order valence-corrected chi connectivity index (χ4v) is 2.97. The summed E-state index contributed by atoms with van der Waals surface area (Å²) in [5.41, 5.74) is 1.28. The quantitative estimate of drug-likeness (QED) is 0.794. The van der Waals surface area contributed by atoms with Crippen LogP contribution in [0.3, 0.4) is 0 Å². The molecule has 0 saturated carbocycles. The highest BCUT2D eigenvalue weighted by atomic mass is 79.9. The maximum Gasteiger partial charge on any atom is 0.0410 e. The van der Waals surface area contributed by atoms with Crippen LogP contribution in [0.5, 0.6) is 0 Å². The smallest absolute Gasteiger partial charge is 0.0410 e. The van der Waals surface area contributed by atoms with Crippen LogP contribution in [0.4, 0.5) is 0 Å². The molecule has 0 N–H and O–H groups in total. The second-order valence-electron chi connectivity index (χ2n) is 4.38. The van der Waals surface area contributed by atoms with E-state index in [2.05, 4.69) is 31.9 Å². The van der Waals surface area contributed by atoms with E-state index in [-0.39, 0.29) is 0 Å². The SMILES string of the molecule is ClCCC1CCN(Cc2cncc(Br)c2)C1. The van der Waals surface area contributed by atoms with Gasteiger partial charge in [-0.2, -0.15) is 0 Å². The van der Waals surface area contributed by atoms with E-state index in [0.717, 1.165) is 29.2 Å². The molecule has 0 bridgehead atoms. The van der Waals surface area contributed by atoms with Crippen LogP contribution in [0, 0.1) is 5.92 Å².